The summed E-state index contributed by atoms with van der Waals surface area (Å²) >= 11 is 0.201. The highest BCUT2D eigenvalue weighted by atomic mass is 32.2. The molecule has 0 aliphatic heterocycles. The van der Waals surface area contributed by atoms with Crippen molar-refractivity contribution >= 4 is 23.5 Å². The summed E-state index contributed by atoms with van der Waals surface area (Å²) in [6.07, 6.45) is -0.237. The third kappa shape index (κ3) is 6.78. The second-order valence-corrected chi connectivity index (χ2v) is 7.25. The number of carbonyl (C=O) groups is 2. The van der Waals surface area contributed by atoms with Crippen molar-refractivity contribution in [2.75, 3.05) is 13.2 Å². The maximum absolute atomic E-state index is 12.9. The van der Waals surface area contributed by atoms with E-state index in [9.17, 15) is 18.4 Å². The molecule has 0 fully saturated rings. The molecular formula is C20H21F2N5O4S. The van der Waals surface area contributed by atoms with Crippen molar-refractivity contribution in [3.05, 3.63) is 35.5 Å². The van der Waals surface area contributed by atoms with Gasteiger partial charge in [0.1, 0.15) is 17.4 Å². The fourth-order valence-electron chi connectivity index (χ4n) is 2.60. The van der Waals surface area contributed by atoms with Crippen LogP contribution in [0.1, 0.15) is 20.3 Å². The van der Waals surface area contributed by atoms with E-state index in [1.165, 1.54) is 11.5 Å². The van der Waals surface area contributed by atoms with Gasteiger partial charge in [-0.1, -0.05) is 0 Å². The van der Waals surface area contributed by atoms with Crippen LogP contribution in [-0.4, -0.2) is 45.5 Å². The Morgan fingerprint density at radius 2 is 1.97 bits per heavy atom. The number of hydrogen-bond acceptors (Lipinski definition) is 9. The fraction of sp³-hybridized carbons (Fsp3) is 0.350. The first-order valence-electron chi connectivity index (χ1n) is 9.43. The second kappa shape index (κ2) is 11.8. The van der Waals surface area contributed by atoms with Gasteiger partial charge in [0.25, 0.3) is 5.76 Å². The van der Waals surface area contributed by atoms with Crippen LogP contribution in [0, 0.1) is 11.3 Å². The molecule has 0 unspecified atom stereocenters. The second-order valence-electron chi connectivity index (χ2n) is 6.30. The average Bonchev–Trinajstić information content (AvgIpc) is 3.13. The van der Waals surface area contributed by atoms with Gasteiger partial charge in [-0.2, -0.15) is 14.0 Å². The van der Waals surface area contributed by atoms with Crippen molar-refractivity contribution in [2.45, 2.75) is 37.7 Å². The minimum atomic E-state index is -2.73. The molecule has 0 atom stereocenters. The van der Waals surface area contributed by atoms with Crippen LogP contribution in [-0.2, 0) is 20.9 Å². The maximum atomic E-state index is 12.9. The lowest BCUT2D eigenvalue weighted by Crippen LogP contribution is -2.18. The Morgan fingerprint density at radius 3 is 2.53 bits per heavy atom. The number of halogens is 2. The van der Waals surface area contributed by atoms with Crippen LogP contribution in [0.15, 0.2) is 40.7 Å². The molecule has 12 heteroatoms. The smallest absolute Gasteiger partial charge is 0.308 e. The molecule has 0 spiro atoms. The minimum absolute atomic E-state index is 0.0201. The Balaban J connectivity index is 2.13. The molecule has 0 saturated carbocycles. The van der Waals surface area contributed by atoms with Crippen LogP contribution >= 0.6 is 11.8 Å². The molecule has 1 aromatic heterocycles. The molecule has 2 rings (SSSR count). The number of nitriles is 1. The zero-order chi connectivity index (χ0) is 23.7. The molecule has 0 aliphatic rings. The number of allylic oxidation sites excluding steroid dienone is 1. The van der Waals surface area contributed by atoms with E-state index in [4.69, 9.17) is 20.5 Å². The first-order chi connectivity index (χ1) is 15.3. The number of carbonyl (C=O) groups excluding carboxylic acids is 2. The standard InChI is InChI=1S/C20H21F2N5O4S/c1-3-30-14-6-4-13(5-7-14)18-25-26-20(32-19(21)22)27(18)9-8-17(29)31-11-16(28)15(10-23)12(2)24/h4-7,19H,3,8-9,11,24H2,1-2H3/b15-12-. The molecule has 0 radical (unpaired) electrons. The number of esters is 1. The van der Waals surface area contributed by atoms with Crippen molar-refractivity contribution < 1.29 is 27.8 Å². The van der Waals surface area contributed by atoms with Crippen LogP contribution in [0.5, 0.6) is 5.75 Å². The first-order valence-corrected chi connectivity index (χ1v) is 10.3. The monoisotopic (exact) mass is 465 g/mol. The summed E-state index contributed by atoms with van der Waals surface area (Å²) in [5.41, 5.74) is 5.76. The van der Waals surface area contributed by atoms with Gasteiger partial charge in [0.15, 0.2) is 17.6 Å². The zero-order valence-electron chi connectivity index (χ0n) is 17.4. The molecule has 0 aliphatic carbocycles. The molecule has 9 nitrogen and oxygen atoms in total. The minimum Gasteiger partial charge on any atom is -0.494 e. The molecular weight excluding hydrogens is 444 g/mol. The van der Waals surface area contributed by atoms with Gasteiger partial charge in [-0.3, -0.25) is 9.59 Å². The summed E-state index contributed by atoms with van der Waals surface area (Å²) in [5.74, 6) is -3.30. The van der Waals surface area contributed by atoms with Gasteiger partial charge >= 0.3 is 5.97 Å². The van der Waals surface area contributed by atoms with Crippen molar-refractivity contribution in [3.63, 3.8) is 0 Å². The van der Waals surface area contributed by atoms with Crippen molar-refractivity contribution in [3.8, 4) is 23.2 Å². The van der Waals surface area contributed by atoms with E-state index in [0.717, 1.165) is 0 Å². The van der Waals surface area contributed by atoms with Crippen LogP contribution in [0.4, 0.5) is 8.78 Å². The third-order valence-electron chi connectivity index (χ3n) is 4.02. The number of ketones is 1. The lowest BCUT2D eigenvalue weighted by Gasteiger charge is -2.11. The van der Waals surface area contributed by atoms with Gasteiger partial charge in [0, 0.05) is 17.8 Å². The lowest BCUT2D eigenvalue weighted by molar-refractivity contribution is -0.147. The maximum Gasteiger partial charge on any atom is 0.308 e. The fourth-order valence-corrected chi connectivity index (χ4v) is 3.15. The number of alkyl halides is 2. The van der Waals surface area contributed by atoms with Gasteiger partial charge < -0.3 is 19.8 Å². The van der Waals surface area contributed by atoms with E-state index >= 15 is 0 Å². The quantitative estimate of drug-likeness (QED) is 0.230. The number of hydrogen-bond donors (Lipinski definition) is 1. The molecule has 2 aromatic rings. The number of nitrogens with two attached hydrogens (primary N) is 1. The van der Waals surface area contributed by atoms with Crippen molar-refractivity contribution in [2.24, 2.45) is 5.73 Å². The lowest BCUT2D eigenvalue weighted by atomic mass is 10.1. The Kier molecular flexibility index (Phi) is 9.15. The number of ether oxygens (including phenoxy) is 2. The number of thioether (sulfide) groups is 1. The number of Topliss-reactive ketones (excluding diaryl/α,β-unsaturated/α-hetero) is 1. The Bertz CT molecular complexity index is 1030. The van der Waals surface area contributed by atoms with Gasteiger partial charge in [-0.05, 0) is 49.9 Å². The predicted molar refractivity (Wildman–Crippen MR) is 112 cm³/mol. The SMILES string of the molecule is CCOc1ccc(-c2nnc(SC(F)F)n2CCC(=O)OCC(=O)/C(C#N)=C(/C)N)cc1. The summed E-state index contributed by atoms with van der Waals surface area (Å²) in [4.78, 5) is 24.0. The van der Waals surface area contributed by atoms with Gasteiger partial charge in [0.2, 0.25) is 5.78 Å². The van der Waals surface area contributed by atoms with Gasteiger partial charge in [-0.15, -0.1) is 10.2 Å². The molecule has 0 amide bonds. The van der Waals surface area contributed by atoms with Crippen molar-refractivity contribution in [1.29, 1.82) is 5.26 Å². The summed E-state index contributed by atoms with van der Waals surface area (Å²) in [6, 6.07) is 8.46. The summed E-state index contributed by atoms with van der Waals surface area (Å²) < 4.78 is 37.5. The van der Waals surface area contributed by atoms with E-state index in [-0.39, 0.29) is 47.0 Å². The highest BCUT2D eigenvalue weighted by Crippen LogP contribution is 2.29. The van der Waals surface area contributed by atoms with Crippen LogP contribution < -0.4 is 10.5 Å². The predicted octanol–water partition coefficient (Wildman–Crippen LogP) is 2.92. The van der Waals surface area contributed by atoms with Crippen molar-refractivity contribution in [1.82, 2.24) is 14.8 Å². The molecule has 2 N–H and O–H groups in total. The Hall–Kier alpha value is -3.46. The average molecular weight is 465 g/mol. The molecule has 32 heavy (non-hydrogen) atoms. The van der Waals surface area contributed by atoms with Gasteiger partial charge in [-0.25, -0.2) is 0 Å². The largest absolute Gasteiger partial charge is 0.494 e. The third-order valence-corrected chi connectivity index (χ3v) is 4.71. The molecule has 170 valence electrons. The highest BCUT2D eigenvalue weighted by Gasteiger charge is 2.20. The summed E-state index contributed by atoms with van der Waals surface area (Å²) in [5, 5.41) is 16.6. The van der Waals surface area contributed by atoms with Crippen LogP contribution in [0.3, 0.4) is 0 Å². The Morgan fingerprint density at radius 1 is 1.28 bits per heavy atom. The van der Waals surface area contributed by atoms with E-state index in [1.54, 1.807) is 30.3 Å². The van der Waals surface area contributed by atoms with Crippen LogP contribution in [0.25, 0.3) is 11.4 Å². The number of benzene rings is 1. The molecule has 0 saturated heterocycles. The summed E-state index contributed by atoms with van der Waals surface area (Å²) in [7, 11) is 0. The van der Waals surface area contributed by atoms with E-state index < -0.39 is 24.1 Å². The van der Waals surface area contributed by atoms with Gasteiger partial charge in [0.05, 0.1) is 13.0 Å². The van der Waals surface area contributed by atoms with E-state index in [2.05, 4.69) is 10.2 Å². The zero-order valence-corrected chi connectivity index (χ0v) is 18.2. The molecule has 1 heterocycles. The number of nitrogens with zero attached hydrogens (tertiary/aromatic N) is 4. The number of aromatic nitrogens is 3. The highest BCUT2D eigenvalue weighted by molar-refractivity contribution is 7.99. The normalized spacial score (nSPS) is 11.6. The molecule has 0 bridgehead atoms. The first kappa shape index (κ1) is 24.8. The van der Waals surface area contributed by atoms with Crippen LogP contribution in [0.2, 0.25) is 0 Å². The topological polar surface area (TPSA) is 133 Å². The van der Waals surface area contributed by atoms with E-state index in [0.29, 0.717) is 17.9 Å². The molecule has 1 aromatic carbocycles. The number of rotatable bonds is 11. The Labute approximate surface area is 187 Å². The van der Waals surface area contributed by atoms with E-state index in [1.807, 2.05) is 6.92 Å². The summed E-state index contributed by atoms with van der Waals surface area (Å²) in [6.45, 7) is 3.01.